The largest absolute Gasteiger partial charge is 0.114 e. The summed E-state index contributed by atoms with van der Waals surface area (Å²) in [6.07, 6.45) is 3.67. The number of unbranched alkanes of at least 4 members (excludes halogenated alkanes) is 1. The lowest BCUT2D eigenvalue weighted by molar-refractivity contribution is 0.908. The van der Waals surface area contributed by atoms with Crippen LogP contribution in [0.5, 0.6) is 0 Å². The van der Waals surface area contributed by atoms with Crippen LogP contribution >= 0.6 is 40.2 Å². The van der Waals surface area contributed by atoms with E-state index in [-0.39, 0.29) is 17.0 Å². The number of alkyl halides is 1. The van der Waals surface area contributed by atoms with Crippen molar-refractivity contribution >= 4 is 56.1 Å². The molecule has 0 saturated heterocycles. The van der Waals surface area contributed by atoms with Crippen LogP contribution in [0.15, 0.2) is 91.0 Å². The van der Waals surface area contributed by atoms with Crippen LogP contribution in [-0.4, -0.2) is 11.5 Å². The molecule has 0 N–H and O–H groups in total. The first-order valence-electron chi connectivity index (χ1n) is 8.49. The Morgan fingerprint density at radius 3 is 1.24 bits per heavy atom. The quantitative estimate of drug-likeness (QED) is 0.231. The Morgan fingerprint density at radius 1 is 0.560 bits per heavy atom. The van der Waals surface area contributed by atoms with Gasteiger partial charge in [0.05, 0.1) is 0 Å². The Hall–Kier alpha value is -0.950. The molecule has 0 amide bonds. The molecule has 1 radical (unpaired) electrons. The van der Waals surface area contributed by atoms with Crippen LogP contribution in [0.2, 0.25) is 0 Å². The van der Waals surface area contributed by atoms with E-state index < -0.39 is 7.26 Å². The summed E-state index contributed by atoms with van der Waals surface area (Å²) in [6.45, 7) is 0. The van der Waals surface area contributed by atoms with E-state index in [1.54, 1.807) is 0 Å². The first-order valence-corrected chi connectivity index (χ1v) is 11.6. The Labute approximate surface area is 170 Å². The van der Waals surface area contributed by atoms with E-state index in [2.05, 4.69) is 107 Å². The molecule has 0 aliphatic carbocycles. The smallest absolute Gasteiger partial charge is 0.00314 e. The number of rotatable bonds is 7. The van der Waals surface area contributed by atoms with E-state index in [4.69, 9.17) is 0 Å². The Bertz CT molecular complexity index is 633. The fraction of sp³-hybridized carbons (Fsp3) is 0.182. The molecule has 0 aliphatic rings. The molecule has 0 aliphatic heterocycles. The van der Waals surface area contributed by atoms with Gasteiger partial charge in [-0.3, -0.25) is 0 Å². The second-order valence-corrected chi connectivity index (χ2v) is 10.3. The Morgan fingerprint density at radius 2 is 0.920 bits per heavy atom. The van der Waals surface area contributed by atoms with Crippen LogP contribution < -0.4 is 15.9 Å². The molecule has 0 bridgehead atoms. The average Bonchev–Trinajstić information content (AvgIpc) is 2.68. The minimum atomic E-state index is -1.60. The molecule has 131 valence electrons. The van der Waals surface area contributed by atoms with Crippen molar-refractivity contribution in [3.05, 3.63) is 91.0 Å². The van der Waals surface area contributed by atoms with Crippen LogP contribution in [0.25, 0.3) is 0 Å². The number of benzene rings is 3. The maximum absolute atomic E-state index is 3.60. The molecule has 0 heterocycles. The van der Waals surface area contributed by atoms with E-state index in [1.807, 2.05) is 0 Å². The summed E-state index contributed by atoms with van der Waals surface area (Å²) in [4.78, 5) is 0. The van der Waals surface area contributed by atoms with Crippen molar-refractivity contribution in [3.63, 3.8) is 0 Å². The van der Waals surface area contributed by atoms with Gasteiger partial charge in [0.25, 0.3) is 0 Å². The lowest BCUT2D eigenvalue weighted by atomic mass is 10.3. The summed E-state index contributed by atoms with van der Waals surface area (Å²) < 4.78 is 0. The number of hydrogen-bond donors (Lipinski definition) is 0. The van der Waals surface area contributed by atoms with Gasteiger partial charge < -0.3 is 0 Å². The van der Waals surface area contributed by atoms with Crippen LogP contribution in [-0.2, 0) is 0 Å². The van der Waals surface area contributed by atoms with Gasteiger partial charge in [-0.1, -0.05) is 107 Å². The van der Waals surface area contributed by atoms with Gasteiger partial charge in [0.2, 0.25) is 0 Å². The van der Waals surface area contributed by atoms with Gasteiger partial charge in [-0.05, 0) is 42.2 Å². The van der Waals surface area contributed by atoms with Crippen LogP contribution in [0.3, 0.4) is 0 Å². The maximum Gasteiger partial charge on any atom is 0.00314 e. The fourth-order valence-corrected chi connectivity index (χ4v) is 8.13. The van der Waals surface area contributed by atoms with Crippen LogP contribution in [0.1, 0.15) is 12.8 Å². The van der Waals surface area contributed by atoms with Crippen molar-refractivity contribution in [1.82, 2.24) is 0 Å². The molecular weight excluding hydrogens is 455 g/mol. The third-order valence-corrected chi connectivity index (χ3v) is 9.55. The van der Waals surface area contributed by atoms with Crippen molar-refractivity contribution < 1.29 is 0 Å². The van der Waals surface area contributed by atoms with E-state index in [0.717, 1.165) is 5.33 Å². The first kappa shape index (κ1) is 20.4. The van der Waals surface area contributed by atoms with E-state index in [1.165, 1.54) is 34.9 Å². The molecule has 3 rings (SSSR count). The number of halogens is 2. The van der Waals surface area contributed by atoms with Crippen molar-refractivity contribution in [1.29, 1.82) is 0 Å². The monoisotopic (exact) mass is 477 g/mol. The van der Waals surface area contributed by atoms with E-state index in [0.29, 0.717) is 0 Å². The highest BCUT2D eigenvalue weighted by Gasteiger charge is 2.32. The lowest BCUT2D eigenvalue weighted by Crippen LogP contribution is -2.33. The molecular formula is C22H24Br2P. The molecule has 0 aromatic heterocycles. The predicted molar refractivity (Wildman–Crippen MR) is 123 cm³/mol. The summed E-state index contributed by atoms with van der Waals surface area (Å²) in [6, 6.07) is 33.4. The Kier molecular flexibility index (Phi) is 8.36. The van der Waals surface area contributed by atoms with Gasteiger partial charge in [-0.15, -0.1) is 17.0 Å². The average molecular weight is 479 g/mol. The Balaban J connectivity index is 0.00000225. The van der Waals surface area contributed by atoms with Gasteiger partial charge in [-0.25, -0.2) is 0 Å². The summed E-state index contributed by atoms with van der Waals surface area (Å²) in [5.41, 5.74) is 0. The van der Waals surface area contributed by atoms with Crippen molar-refractivity contribution in [2.24, 2.45) is 0 Å². The highest BCUT2D eigenvalue weighted by molar-refractivity contribution is 9.09. The van der Waals surface area contributed by atoms with E-state index in [9.17, 15) is 0 Å². The van der Waals surface area contributed by atoms with Gasteiger partial charge in [0, 0.05) is 5.33 Å². The molecule has 3 aromatic carbocycles. The molecule has 0 atom stereocenters. The summed E-state index contributed by atoms with van der Waals surface area (Å²) in [5, 5.41) is 5.52. The molecule has 3 heteroatoms. The number of hydrogen-bond acceptors (Lipinski definition) is 0. The van der Waals surface area contributed by atoms with Crippen LogP contribution in [0, 0.1) is 0 Å². The summed E-state index contributed by atoms with van der Waals surface area (Å²) >= 11 is 3.60. The molecule has 3 aromatic rings. The molecule has 25 heavy (non-hydrogen) atoms. The molecule has 0 saturated carbocycles. The van der Waals surface area contributed by atoms with Gasteiger partial charge >= 0.3 is 0 Å². The third-order valence-electron chi connectivity index (χ3n) is 4.47. The SMILES string of the molecule is Br.BrCCCC[P](c1ccccc1)(c1ccccc1)c1ccccc1. The zero-order chi connectivity index (χ0) is 16.7. The van der Waals surface area contributed by atoms with Crippen molar-refractivity contribution in [3.8, 4) is 0 Å². The summed E-state index contributed by atoms with van der Waals surface area (Å²) in [5.74, 6) is 0. The second kappa shape index (κ2) is 10.3. The highest BCUT2D eigenvalue weighted by atomic mass is 79.9. The minimum absolute atomic E-state index is 0. The molecule has 0 fully saturated rings. The zero-order valence-corrected chi connectivity index (χ0v) is 18.4. The first-order chi connectivity index (χ1) is 11.9. The lowest BCUT2D eigenvalue weighted by Gasteiger charge is -2.38. The van der Waals surface area contributed by atoms with Gasteiger partial charge in [0.15, 0.2) is 0 Å². The topological polar surface area (TPSA) is 0 Å². The van der Waals surface area contributed by atoms with Gasteiger partial charge in [-0.2, -0.15) is 0 Å². The molecule has 0 unspecified atom stereocenters. The van der Waals surface area contributed by atoms with Crippen molar-refractivity contribution in [2.75, 3.05) is 11.5 Å². The second-order valence-electron chi connectivity index (χ2n) is 5.94. The molecule has 0 spiro atoms. The fourth-order valence-electron chi connectivity index (χ4n) is 3.33. The molecule has 0 nitrogen and oxygen atoms in total. The van der Waals surface area contributed by atoms with Crippen LogP contribution in [0.4, 0.5) is 0 Å². The maximum atomic E-state index is 3.60. The minimum Gasteiger partial charge on any atom is -0.114 e. The standard InChI is InChI=1S/C22H23BrP.BrH/c23-18-10-11-19-24(20-12-4-1-5-13-20,21-14-6-2-7-15-21)22-16-8-3-9-17-22;/h1-9,12-17H,10-11,18-19H2;1H. The normalized spacial score (nSPS) is 10.9. The van der Waals surface area contributed by atoms with Crippen molar-refractivity contribution in [2.45, 2.75) is 12.8 Å². The summed E-state index contributed by atoms with van der Waals surface area (Å²) in [7, 11) is -1.60. The van der Waals surface area contributed by atoms with Gasteiger partial charge in [0.1, 0.15) is 0 Å². The predicted octanol–water partition coefficient (Wildman–Crippen LogP) is 5.73. The highest BCUT2D eigenvalue weighted by Crippen LogP contribution is 2.55. The van der Waals surface area contributed by atoms with E-state index >= 15 is 0 Å². The third kappa shape index (κ3) is 4.61. The zero-order valence-electron chi connectivity index (χ0n) is 14.2.